The van der Waals surface area contributed by atoms with Gasteiger partial charge in [-0.1, -0.05) is 37.5 Å². The Morgan fingerprint density at radius 1 is 1.17 bits per heavy atom. The molecule has 1 saturated carbocycles. The number of piperidine rings is 1. The maximum atomic E-state index is 12.8. The molecule has 1 aliphatic carbocycles. The Kier molecular flexibility index (Phi) is 4.07. The molecule has 1 aromatic rings. The number of ether oxygens (including phenoxy) is 1. The van der Waals surface area contributed by atoms with E-state index in [1.807, 2.05) is 29.2 Å². The zero-order valence-corrected chi connectivity index (χ0v) is 14.1. The summed E-state index contributed by atoms with van der Waals surface area (Å²) in [5.41, 5.74) is 1.01. The van der Waals surface area contributed by atoms with Crippen LogP contribution < -0.4 is 0 Å². The van der Waals surface area contributed by atoms with E-state index in [4.69, 9.17) is 4.74 Å². The average molecular weight is 327 g/mol. The minimum Gasteiger partial charge on any atom is -0.449 e. The summed E-state index contributed by atoms with van der Waals surface area (Å²) in [5.74, 6) is 0.538. The predicted molar refractivity (Wildman–Crippen MR) is 90.5 cm³/mol. The minimum absolute atomic E-state index is 0.237. The number of carbonyl (C=O) groups excluding carboxylic acids is 2. The van der Waals surface area contributed by atoms with Crippen molar-refractivity contribution in [1.29, 1.82) is 0 Å². The summed E-state index contributed by atoms with van der Waals surface area (Å²) in [6.07, 6.45) is 8.54. The molecule has 1 aromatic carbocycles. The first-order valence-corrected chi connectivity index (χ1v) is 9.29. The van der Waals surface area contributed by atoms with Gasteiger partial charge in [0.05, 0.1) is 12.1 Å². The number of hydrogen-bond donors (Lipinski definition) is 0. The maximum Gasteiger partial charge on any atom is 0.339 e. The highest BCUT2D eigenvalue weighted by molar-refractivity contribution is 5.95. The Morgan fingerprint density at radius 3 is 2.79 bits per heavy atom. The number of amides is 1. The maximum absolute atomic E-state index is 12.8. The molecule has 0 aromatic heterocycles. The fraction of sp³-hybridized carbons (Fsp3) is 0.600. The third kappa shape index (κ3) is 2.72. The first kappa shape index (κ1) is 15.7. The Labute approximate surface area is 143 Å². The zero-order chi connectivity index (χ0) is 16.6. The molecule has 1 unspecified atom stereocenters. The molecule has 1 spiro atoms. The number of benzene rings is 1. The van der Waals surface area contributed by atoms with E-state index in [9.17, 15) is 9.59 Å². The fourth-order valence-corrected chi connectivity index (χ4v) is 4.65. The van der Waals surface area contributed by atoms with Crippen molar-refractivity contribution >= 4 is 11.9 Å². The van der Waals surface area contributed by atoms with E-state index in [-0.39, 0.29) is 11.9 Å². The van der Waals surface area contributed by atoms with Crippen LogP contribution in [0.4, 0.5) is 0 Å². The Balaban J connectivity index is 1.50. The van der Waals surface area contributed by atoms with Gasteiger partial charge in [-0.15, -0.1) is 0 Å². The summed E-state index contributed by atoms with van der Waals surface area (Å²) in [4.78, 5) is 26.9. The fourth-order valence-electron chi connectivity index (χ4n) is 4.65. The van der Waals surface area contributed by atoms with Crippen molar-refractivity contribution in [1.82, 2.24) is 4.90 Å². The molecule has 1 atom stereocenters. The van der Waals surface area contributed by atoms with Gasteiger partial charge in [-0.3, -0.25) is 4.79 Å². The molecule has 1 saturated heterocycles. The van der Waals surface area contributed by atoms with Crippen LogP contribution in [0.3, 0.4) is 0 Å². The summed E-state index contributed by atoms with van der Waals surface area (Å²) in [6, 6.07) is 7.63. The molecule has 24 heavy (non-hydrogen) atoms. The summed E-state index contributed by atoms with van der Waals surface area (Å²) < 4.78 is 5.80. The van der Waals surface area contributed by atoms with Crippen molar-refractivity contribution in [3.8, 4) is 0 Å². The number of hydrogen-bond acceptors (Lipinski definition) is 3. The number of likely N-dealkylation sites (tertiary alicyclic amines) is 1. The quantitative estimate of drug-likeness (QED) is 0.779. The van der Waals surface area contributed by atoms with E-state index >= 15 is 0 Å². The van der Waals surface area contributed by atoms with Crippen molar-refractivity contribution in [2.75, 3.05) is 13.1 Å². The second kappa shape index (κ2) is 6.23. The van der Waals surface area contributed by atoms with Gasteiger partial charge < -0.3 is 9.64 Å². The van der Waals surface area contributed by atoms with E-state index < -0.39 is 5.60 Å². The lowest BCUT2D eigenvalue weighted by Gasteiger charge is -2.40. The van der Waals surface area contributed by atoms with Crippen LogP contribution in [0.1, 0.15) is 67.3 Å². The van der Waals surface area contributed by atoms with E-state index in [2.05, 4.69) is 0 Å². The van der Waals surface area contributed by atoms with Gasteiger partial charge in [0.2, 0.25) is 5.91 Å². The lowest BCUT2D eigenvalue weighted by Crippen LogP contribution is -2.49. The van der Waals surface area contributed by atoms with Gasteiger partial charge in [-0.2, -0.15) is 0 Å². The Hall–Kier alpha value is -1.84. The van der Waals surface area contributed by atoms with Crippen LogP contribution in [0.15, 0.2) is 24.3 Å². The van der Waals surface area contributed by atoms with Crippen molar-refractivity contribution < 1.29 is 14.3 Å². The SMILES string of the molecule is O=C1OC2(CCCN(C(=O)CC3CCCCC3)C2)c2ccccc21. The highest BCUT2D eigenvalue weighted by Gasteiger charge is 2.48. The van der Waals surface area contributed by atoms with Crippen LogP contribution in [0.25, 0.3) is 0 Å². The lowest BCUT2D eigenvalue weighted by atomic mass is 9.83. The number of esters is 1. The molecule has 4 nitrogen and oxygen atoms in total. The molecule has 0 bridgehead atoms. The van der Waals surface area contributed by atoms with Crippen molar-refractivity contribution in [3.63, 3.8) is 0 Å². The van der Waals surface area contributed by atoms with Gasteiger partial charge >= 0.3 is 5.97 Å². The molecule has 2 aliphatic heterocycles. The standard InChI is InChI=1S/C20H25NO3/c22-18(13-15-7-2-1-3-8-15)21-12-6-11-20(14-21)17-10-5-4-9-16(17)19(23)24-20/h4-5,9-10,15H,1-3,6-8,11-14H2. The topological polar surface area (TPSA) is 46.6 Å². The van der Waals surface area contributed by atoms with Crippen LogP contribution >= 0.6 is 0 Å². The van der Waals surface area contributed by atoms with E-state index in [0.29, 0.717) is 24.4 Å². The highest BCUT2D eigenvalue weighted by Crippen LogP contribution is 2.43. The number of fused-ring (bicyclic) bond motifs is 2. The number of nitrogens with zero attached hydrogens (tertiary/aromatic N) is 1. The van der Waals surface area contributed by atoms with E-state index in [1.54, 1.807) is 0 Å². The van der Waals surface area contributed by atoms with Crippen LogP contribution in [-0.2, 0) is 15.1 Å². The molecule has 0 N–H and O–H groups in total. The first-order chi connectivity index (χ1) is 11.7. The first-order valence-electron chi connectivity index (χ1n) is 9.29. The molecule has 128 valence electrons. The summed E-state index contributed by atoms with van der Waals surface area (Å²) >= 11 is 0. The van der Waals surface area contributed by atoms with Crippen molar-refractivity contribution in [2.45, 2.75) is 57.0 Å². The smallest absolute Gasteiger partial charge is 0.339 e. The van der Waals surface area contributed by atoms with Crippen LogP contribution in [-0.4, -0.2) is 29.9 Å². The third-order valence-corrected chi connectivity index (χ3v) is 5.92. The van der Waals surface area contributed by atoms with Gasteiger partial charge in [0, 0.05) is 18.5 Å². The van der Waals surface area contributed by atoms with Gasteiger partial charge in [-0.25, -0.2) is 4.79 Å². The molecule has 3 aliphatic rings. The molecule has 0 radical (unpaired) electrons. The Bertz CT molecular complexity index is 650. The normalized spacial score (nSPS) is 27.2. The molecule has 1 amide bonds. The third-order valence-electron chi connectivity index (χ3n) is 5.92. The zero-order valence-electron chi connectivity index (χ0n) is 14.1. The van der Waals surface area contributed by atoms with Gasteiger partial charge in [0.25, 0.3) is 0 Å². The summed E-state index contributed by atoms with van der Waals surface area (Å²) in [7, 11) is 0. The lowest BCUT2D eigenvalue weighted by molar-refractivity contribution is -0.140. The van der Waals surface area contributed by atoms with Crippen LogP contribution in [0.5, 0.6) is 0 Å². The average Bonchev–Trinajstić information content (AvgIpc) is 2.88. The highest BCUT2D eigenvalue weighted by atomic mass is 16.6. The molecule has 4 rings (SSSR count). The summed E-state index contributed by atoms with van der Waals surface area (Å²) in [6.45, 7) is 1.30. The summed E-state index contributed by atoms with van der Waals surface area (Å²) in [5, 5.41) is 0. The van der Waals surface area contributed by atoms with E-state index in [1.165, 1.54) is 32.1 Å². The molecule has 4 heteroatoms. The second-order valence-corrected chi connectivity index (χ2v) is 7.56. The van der Waals surface area contributed by atoms with Gasteiger partial charge in [0.15, 0.2) is 5.60 Å². The molecular formula is C20H25NO3. The molecular weight excluding hydrogens is 302 g/mol. The monoisotopic (exact) mass is 327 g/mol. The van der Waals surface area contributed by atoms with E-state index in [0.717, 1.165) is 24.9 Å². The minimum atomic E-state index is -0.617. The Morgan fingerprint density at radius 2 is 1.96 bits per heavy atom. The largest absolute Gasteiger partial charge is 0.449 e. The van der Waals surface area contributed by atoms with Gasteiger partial charge in [0.1, 0.15) is 0 Å². The molecule has 2 heterocycles. The van der Waals surface area contributed by atoms with Gasteiger partial charge in [-0.05, 0) is 37.7 Å². The predicted octanol–water partition coefficient (Wildman–Crippen LogP) is 3.65. The second-order valence-electron chi connectivity index (χ2n) is 7.56. The van der Waals surface area contributed by atoms with Crippen molar-refractivity contribution in [3.05, 3.63) is 35.4 Å². The van der Waals surface area contributed by atoms with Crippen LogP contribution in [0, 0.1) is 5.92 Å². The number of carbonyl (C=O) groups is 2. The molecule has 2 fully saturated rings. The van der Waals surface area contributed by atoms with Crippen LogP contribution in [0.2, 0.25) is 0 Å². The number of rotatable bonds is 2. The van der Waals surface area contributed by atoms with Crippen molar-refractivity contribution in [2.24, 2.45) is 5.92 Å².